The monoisotopic (exact) mass is 342 g/mol. The Morgan fingerprint density at radius 3 is 2.96 bits per heavy atom. The number of anilines is 1. The maximum atomic E-state index is 11.7. The Bertz CT molecular complexity index is 997. The molecule has 1 atom stereocenters. The van der Waals surface area contributed by atoms with Crippen molar-refractivity contribution in [3.05, 3.63) is 42.7 Å². The summed E-state index contributed by atoms with van der Waals surface area (Å²) in [4.78, 5) is 14.2. The fourth-order valence-electron chi connectivity index (χ4n) is 3.14. The summed E-state index contributed by atoms with van der Waals surface area (Å²) in [5.74, 6) is 0. The fraction of sp³-hybridized carbons (Fsp3) is 0.294. The van der Waals surface area contributed by atoms with Crippen molar-refractivity contribution < 1.29 is 8.42 Å². The second-order valence-electron chi connectivity index (χ2n) is 6.20. The lowest BCUT2D eigenvalue weighted by Crippen LogP contribution is -2.26. The molecule has 0 spiro atoms. The van der Waals surface area contributed by atoms with E-state index in [9.17, 15) is 8.42 Å². The molecule has 0 amide bonds. The summed E-state index contributed by atoms with van der Waals surface area (Å²) in [6, 6.07) is 9.92. The second kappa shape index (κ2) is 5.59. The van der Waals surface area contributed by atoms with E-state index in [0.29, 0.717) is 13.0 Å². The summed E-state index contributed by atoms with van der Waals surface area (Å²) < 4.78 is 23.5. The van der Waals surface area contributed by atoms with Crippen molar-refractivity contribution in [2.45, 2.75) is 11.7 Å². The van der Waals surface area contributed by atoms with Gasteiger partial charge in [-0.1, -0.05) is 12.1 Å². The van der Waals surface area contributed by atoms with Gasteiger partial charge in [-0.25, -0.2) is 18.4 Å². The number of aromatic amines is 1. The Kier molecular flexibility index (Phi) is 3.53. The molecule has 4 rings (SSSR count). The minimum atomic E-state index is -2.99. The smallest absolute Gasteiger partial charge is 0.156 e. The average molecular weight is 342 g/mol. The van der Waals surface area contributed by atoms with Crippen molar-refractivity contribution >= 4 is 26.7 Å². The molecule has 1 N–H and O–H groups in total. The first-order chi connectivity index (χ1) is 11.5. The molecule has 2 aromatic heterocycles. The SMILES string of the molecule is CS(=O)(=O)C1CCN(c2cccc(-c3cnc4[nH]ccc4n3)c2)C1. The number of benzene rings is 1. The lowest BCUT2D eigenvalue weighted by atomic mass is 10.1. The van der Waals surface area contributed by atoms with E-state index in [-0.39, 0.29) is 5.25 Å². The summed E-state index contributed by atoms with van der Waals surface area (Å²) in [5.41, 5.74) is 4.41. The van der Waals surface area contributed by atoms with Crippen LogP contribution in [-0.4, -0.2) is 48.0 Å². The molecule has 6 nitrogen and oxygen atoms in total. The van der Waals surface area contributed by atoms with Crippen LogP contribution in [0.15, 0.2) is 42.7 Å². The van der Waals surface area contributed by atoms with Gasteiger partial charge in [-0.3, -0.25) is 0 Å². The van der Waals surface area contributed by atoms with E-state index in [1.165, 1.54) is 6.26 Å². The quantitative estimate of drug-likeness (QED) is 0.790. The molecule has 24 heavy (non-hydrogen) atoms. The van der Waals surface area contributed by atoms with Crippen LogP contribution in [0.3, 0.4) is 0 Å². The Morgan fingerprint density at radius 1 is 1.29 bits per heavy atom. The molecule has 3 aromatic rings. The predicted octanol–water partition coefficient (Wildman–Crippen LogP) is 2.25. The minimum absolute atomic E-state index is 0.280. The molecule has 124 valence electrons. The number of hydrogen-bond acceptors (Lipinski definition) is 5. The predicted molar refractivity (Wildman–Crippen MR) is 94.8 cm³/mol. The average Bonchev–Trinajstić information content (AvgIpc) is 3.23. The normalized spacial score (nSPS) is 18.4. The molecule has 7 heteroatoms. The van der Waals surface area contributed by atoms with Crippen LogP contribution in [0.1, 0.15) is 6.42 Å². The molecule has 0 aliphatic carbocycles. The van der Waals surface area contributed by atoms with Gasteiger partial charge in [0.1, 0.15) is 5.52 Å². The van der Waals surface area contributed by atoms with E-state index in [2.05, 4.69) is 19.9 Å². The van der Waals surface area contributed by atoms with Gasteiger partial charge in [0, 0.05) is 36.8 Å². The van der Waals surface area contributed by atoms with Crippen LogP contribution in [0.4, 0.5) is 5.69 Å². The van der Waals surface area contributed by atoms with Gasteiger partial charge in [-0.05, 0) is 24.6 Å². The van der Waals surface area contributed by atoms with E-state index < -0.39 is 9.84 Å². The molecule has 0 radical (unpaired) electrons. The molecule has 3 heterocycles. The molecule has 1 saturated heterocycles. The second-order valence-corrected chi connectivity index (χ2v) is 8.53. The highest BCUT2D eigenvalue weighted by Gasteiger charge is 2.30. The number of nitrogens with one attached hydrogen (secondary N) is 1. The zero-order valence-electron chi connectivity index (χ0n) is 13.3. The van der Waals surface area contributed by atoms with E-state index in [1.807, 2.05) is 36.5 Å². The van der Waals surface area contributed by atoms with Crippen LogP contribution >= 0.6 is 0 Å². The fourth-order valence-corrected chi connectivity index (χ4v) is 4.13. The van der Waals surface area contributed by atoms with Gasteiger partial charge < -0.3 is 9.88 Å². The highest BCUT2D eigenvalue weighted by Crippen LogP contribution is 2.28. The van der Waals surface area contributed by atoms with Gasteiger partial charge in [0.15, 0.2) is 15.5 Å². The number of hydrogen-bond donors (Lipinski definition) is 1. The van der Waals surface area contributed by atoms with Gasteiger partial charge in [-0.2, -0.15) is 0 Å². The van der Waals surface area contributed by atoms with E-state index in [4.69, 9.17) is 0 Å². The maximum Gasteiger partial charge on any atom is 0.156 e. The van der Waals surface area contributed by atoms with Crippen LogP contribution in [0.25, 0.3) is 22.4 Å². The summed E-state index contributed by atoms with van der Waals surface area (Å²) in [6.07, 6.45) is 5.57. The number of nitrogens with zero attached hydrogens (tertiary/aromatic N) is 3. The number of rotatable bonds is 3. The number of H-pyrrole nitrogens is 1. The van der Waals surface area contributed by atoms with Crippen molar-refractivity contribution in [3.8, 4) is 11.3 Å². The number of sulfone groups is 1. The van der Waals surface area contributed by atoms with Crippen molar-refractivity contribution in [1.82, 2.24) is 15.0 Å². The van der Waals surface area contributed by atoms with Crippen LogP contribution in [0.2, 0.25) is 0 Å². The van der Waals surface area contributed by atoms with E-state index in [1.54, 1.807) is 6.20 Å². The van der Waals surface area contributed by atoms with Crippen molar-refractivity contribution in [1.29, 1.82) is 0 Å². The minimum Gasteiger partial charge on any atom is -0.370 e. The van der Waals surface area contributed by atoms with Gasteiger partial charge in [-0.15, -0.1) is 0 Å². The zero-order valence-corrected chi connectivity index (χ0v) is 14.1. The Hall–Kier alpha value is -2.41. The van der Waals surface area contributed by atoms with Crippen LogP contribution < -0.4 is 4.90 Å². The molecule has 1 aliphatic rings. The van der Waals surface area contributed by atoms with Gasteiger partial charge >= 0.3 is 0 Å². The first-order valence-electron chi connectivity index (χ1n) is 7.85. The first kappa shape index (κ1) is 15.1. The van der Waals surface area contributed by atoms with Gasteiger partial charge in [0.25, 0.3) is 0 Å². The number of aromatic nitrogens is 3. The summed E-state index contributed by atoms with van der Waals surface area (Å²) in [5, 5.41) is -0.280. The lowest BCUT2D eigenvalue weighted by molar-refractivity contribution is 0.589. The standard InChI is InChI=1S/C17H18N4O2S/c1-24(22,23)14-6-8-21(11-14)13-4-2-3-12(9-13)16-10-19-17-15(20-16)5-7-18-17/h2-5,7,9-10,14H,6,8,11H2,1H3,(H,18,19). The Morgan fingerprint density at radius 2 is 2.17 bits per heavy atom. The summed E-state index contributed by atoms with van der Waals surface area (Å²) >= 11 is 0. The Labute approximate surface area is 140 Å². The highest BCUT2D eigenvalue weighted by molar-refractivity contribution is 7.91. The Balaban J connectivity index is 1.64. The van der Waals surface area contributed by atoms with E-state index in [0.717, 1.165) is 34.7 Å². The van der Waals surface area contributed by atoms with E-state index >= 15 is 0 Å². The topological polar surface area (TPSA) is 79.0 Å². The summed E-state index contributed by atoms with van der Waals surface area (Å²) in [6.45, 7) is 1.30. The maximum absolute atomic E-state index is 11.7. The third-order valence-corrected chi connectivity index (χ3v) is 6.11. The number of fused-ring (bicyclic) bond motifs is 1. The summed E-state index contributed by atoms with van der Waals surface area (Å²) in [7, 11) is -2.99. The van der Waals surface area contributed by atoms with Crippen LogP contribution in [0, 0.1) is 0 Å². The molecule has 1 aromatic carbocycles. The van der Waals surface area contributed by atoms with Crippen LogP contribution in [-0.2, 0) is 9.84 Å². The molecule has 0 bridgehead atoms. The third-order valence-electron chi connectivity index (χ3n) is 4.52. The molecular formula is C17H18N4O2S. The van der Waals surface area contributed by atoms with Crippen LogP contribution in [0.5, 0.6) is 0 Å². The zero-order chi connectivity index (χ0) is 16.7. The largest absolute Gasteiger partial charge is 0.370 e. The molecule has 1 fully saturated rings. The van der Waals surface area contributed by atoms with Crippen molar-refractivity contribution in [3.63, 3.8) is 0 Å². The van der Waals surface area contributed by atoms with Crippen molar-refractivity contribution in [2.75, 3.05) is 24.2 Å². The molecule has 1 unspecified atom stereocenters. The van der Waals surface area contributed by atoms with Gasteiger partial charge in [0.05, 0.1) is 17.1 Å². The third kappa shape index (κ3) is 2.75. The van der Waals surface area contributed by atoms with Gasteiger partial charge in [0.2, 0.25) is 0 Å². The molecule has 0 saturated carbocycles. The highest BCUT2D eigenvalue weighted by atomic mass is 32.2. The first-order valence-corrected chi connectivity index (χ1v) is 9.80. The molecule has 1 aliphatic heterocycles. The molecular weight excluding hydrogens is 324 g/mol. The van der Waals surface area contributed by atoms with Crippen molar-refractivity contribution in [2.24, 2.45) is 0 Å². The lowest BCUT2D eigenvalue weighted by Gasteiger charge is -2.19.